The molecule has 2 N–H and O–H groups in total. The molecule has 2 amide bonds. The van der Waals surface area contributed by atoms with Gasteiger partial charge in [0.15, 0.2) is 0 Å². The van der Waals surface area contributed by atoms with Gasteiger partial charge in [0.1, 0.15) is 11.3 Å². The van der Waals surface area contributed by atoms with Crippen molar-refractivity contribution in [2.45, 2.75) is 117 Å². The van der Waals surface area contributed by atoms with Crippen LogP contribution in [0.3, 0.4) is 0 Å². The number of unbranched alkanes of at least 4 members (excludes halogenated alkanes) is 12. The van der Waals surface area contributed by atoms with E-state index in [1.165, 1.54) is 70.6 Å². The second-order valence-electron chi connectivity index (χ2n) is 11.6. The van der Waals surface area contributed by atoms with Crippen LogP contribution in [0.4, 0.5) is 11.4 Å². The fourth-order valence-electron chi connectivity index (χ4n) is 5.24. The van der Waals surface area contributed by atoms with Crippen LogP contribution in [0.5, 0.6) is 5.75 Å². The van der Waals surface area contributed by atoms with Gasteiger partial charge in [-0.3, -0.25) is 9.59 Å². The number of anilines is 2. The van der Waals surface area contributed by atoms with E-state index in [9.17, 15) is 14.4 Å². The van der Waals surface area contributed by atoms with Gasteiger partial charge < -0.3 is 20.1 Å². The zero-order valence-electron chi connectivity index (χ0n) is 27.4. The molecule has 45 heavy (non-hydrogen) atoms. The fourth-order valence-corrected chi connectivity index (χ4v) is 5.24. The van der Waals surface area contributed by atoms with Crippen molar-refractivity contribution in [3.63, 3.8) is 0 Å². The lowest BCUT2D eigenvalue weighted by molar-refractivity contribution is -0.154. The average molecular weight is 618 g/mol. The summed E-state index contributed by atoms with van der Waals surface area (Å²) in [6.45, 7) is 5.89. The third-order valence-corrected chi connectivity index (χ3v) is 7.75. The molecule has 2 aromatic carbocycles. The number of hydrogen-bond acceptors (Lipinski definition) is 6. The summed E-state index contributed by atoms with van der Waals surface area (Å²) in [6.07, 6.45) is 15.4. The molecule has 3 rings (SSSR count). The monoisotopic (exact) mass is 617 g/mol. The fraction of sp³-hybridized carbons (Fsp3) is 0.514. The highest BCUT2D eigenvalue weighted by Crippen LogP contribution is 2.26. The Morgan fingerprint density at radius 1 is 0.711 bits per heavy atom. The molecule has 0 fully saturated rings. The number of ether oxygens (including phenoxy) is 2. The van der Waals surface area contributed by atoms with Gasteiger partial charge in [-0.05, 0) is 56.7 Å². The molecule has 0 spiro atoms. The van der Waals surface area contributed by atoms with Gasteiger partial charge in [0.2, 0.25) is 5.91 Å². The molecule has 1 aromatic heterocycles. The Labute approximate surface area is 268 Å². The molecule has 0 aliphatic rings. The number of rotatable bonds is 21. The summed E-state index contributed by atoms with van der Waals surface area (Å²) in [5.74, 6) is -1.18. The zero-order chi connectivity index (χ0) is 32.3. The van der Waals surface area contributed by atoms with E-state index in [4.69, 9.17) is 9.47 Å². The van der Waals surface area contributed by atoms with E-state index in [2.05, 4.69) is 22.5 Å². The molecule has 0 radical (unpaired) electrons. The number of esters is 1. The predicted molar refractivity (Wildman–Crippen MR) is 182 cm³/mol. The Morgan fingerprint density at radius 2 is 1.29 bits per heavy atom. The van der Waals surface area contributed by atoms with E-state index in [0.29, 0.717) is 29.1 Å². The number of nitrogens with one attached hydrogen (secondary N) is 2. The molecule has 0 aliphatic heterocycles. The summed E-state index contributed by atoms with van der Waals surface area (Å²) >= 11 is 0. The Balaban J connectivity index is 1.40. The summed E-state index contributed by atoms with van der Waals surface area (Å²) < 4.78 is 11.0. The molecule has 0 saturated carbocycles. The Hall–Kier alpha value is -3.94. The van der Waals surface area contributed by atoms with Crippen LogP contribution >= 0.6 is 0 Å². The predicted octanol–water partition coefficient (Wildman–Crippen LogP) is 8.91. The first-order valence-electron chi connectivity index (χ1n) is 16.8. The van der Waals surface area contributed by atoms with Crippen LogP contribution in [0, 0.1) is 6.92 Å². The molecule has 8 nitrogen and oxygen atoms in total. The van der Waals surface area contributed by atoms with Gasteiger partial charge in [-0.1, -0.05) is 102 Å². The largest absolute Gasteiger partial charge is 0.466 e. The van der Waals surface area contributed by atoms with E-state index in [0.717, 1.165) is 23.9 Å². The summed E-state index contributed by atoms with van der Waals surface area (Å²) in [5, 5.41) is 6.47. The van der Waals surface area contributed by atoms with Crippen molar-refractivity contribution in [2.75, 3.05) is 17.2 Å². The molecule has 0 saturated heterocycles. The van der Waals surface area contributed by atoms with E-state index in [1.807, 2.05) is 25.1 Å². The van der Waals surface area contributed by atoms with Crippen molar-refractivity contribution < 1.29 is 23.9 Å². The summed E-state index contributed by atoms with van der Waals surface area (Å²) in [6, 6.07) is 15.9. The second-order valence-corrected chi connectivity index (χ2v) is 11.6. The Kier molecular flexibility index (Phi) is 15.9. The van der Waals surface area contributed by atoms with Crippen LogP contribution in [0.2, 0.25) is 0 Å². The van der Waals surface area contributed by atoms with Crippen LogP contribution < -0.4 is 15.4 Å². The zero-order valence-corrected chi connectivity index (χ0v) is 27.4. The number of benzene rings is 2. The summed E-state index contributed by atoms with van der Waals surface area (Å²) in [5.41, 5.74) is 2.44. The molecule has 0 aliphatic carbocycles. The van der Waals surface area contributed by atoms with Crippen LogP contribution in [0.25, 0.3) is 10.9 Å². The van der Waals surface area contributed by atoms with Crippen molar-refractivity contribution in [3.8, 4) is 5.75 Å². The Bertz CT molecular complexity index is 1340. The highest BCUT2D eigenvalue weighted by molar-refractivity contribution is 6.08. The third-order valence-electron chi connectivity index (χ3n) is 7.75. The van der Waals surface area contributed by atoms with E-state index < -0.39 is 18.0 Å². The number of nitrogens with zero attached hydrogens (tertiary/aromatic N) is 1. The lowest BCUT2D eigenvalue weighted by atomic mass is 10.0. The molecule has 1 unspecified atom stereocenters. The highest BCUT2D eigenvalue weighted by atomic mass is 16.6. The molecule has 8 heteroatoms. The minimum absolute atomic E-state index is 0.0235. The van der Waals surface area contributed by atoms with Gasteiger partial charge in [0.25, 0.3) is 12.0 Å². The van der Waals surface area contributed by atoms with Crippen LogP contribution in [-0.4, -0.2) is 35.5 Å². The van der Waals surface area contributed by atoms with Gasteiger partial charge in [0, 0.05) is 28.9 Å². The molecule has 1 heterocycles. The lowest BCUT2D eigenvalue weighted by Gasteiger charge is -2.18. The van der Waals surface area contributed by atoms with Crippen molar-refractivity contribution >= 4 is 40.1 Å². The minimum atomic E-state index is -1.53. The van der Waals surface area contributed by atoms with Crippen molar-refractivity contribution in [3.05, 3.63) is 60.3 Å². The molecular weight excluding hydrogens is 566 g/mol. The van der Waals surface area contributed by atoms with Crippen LogP contribution in [-0.2, 0) is 19.1 Å². The number of fused-ring (bicyclic) bond motifs is 1. The minimum Gasteiger partial charge on any atom is -0.466 e. The molecule has 1 atom stereocenters. The number of para-hydroxylation sites is 1. The number of hydrogen-bond donors (Lipinski definition) is 2. The number of aryl methyl sites for hydroxylation is 1. The average Bonchev–Trinajstić information content (AvgIpc) is 3.03. The standard InChI is InChI=1S/C37H51N3O5/c1-4-6-7-8-9-10-11-12-13-14-15-16-17-21-33(41)39-30-24-26-31(27-25-30)40-36(42)35(37(43)44-5-2)45-32-20-18-19-29-23-22-28(3)38-34(29)32/h18-20,22-27,35H,4-17,21H2,1-3H3,(H,39,41)(H,40,42). The first-order chi connectivity index (χ1) is 21.9. The number of carbonyl (C=O) groups excluding carboxylic acids is 3. The topological polar surface area (TPSA) is 107 Å². The quantitative estimate of drug-likeness (QED) is 0.0702. The van der Waals surface area contributed by atoms with E-state index in [1.54, 1.807) is 43.3 Å². The lowest BCUT2D eigenvalue weighted by Crippen LogP contribution is -2.41. The Morgan fingerprint density at radius 3 is 1.89 bits per heavy atom. The van der Waals surface area contributed by atoms with E-state index in [-0.39, 0.29) is 12.5 Å². The van der Waals surface area contributed by atoms with Gasteiger partial charge in [0.05, 0.1) is 6.61 Å². The number of aromatic nitrogens is 1. The molecule has 0 bridgehead atoms. The molecule has 3 aromatic rings. The maximum Gasteiger partial charge on any atom is 0.357 e. The van der Waals surface area contributed by atoms with Gasteiger partial charge in [-0.2, -0.15) is 0 Å². The highest BCUT2D eigenvalue weighted by Gasteiger charge is 2.31. The number of pyridine rings is 1. The maximum atomic E-state index is 13.2. The van der Waals surface area contributed by atoms with Crippen molar-refractivity contribution in [1.82, 2.24) is 4.98 Å². The molecule has 244 valence electrons. The van der Waals surface area contributed by atoms with Crippen LogP contribution in [0.1, 0.15) is 109 Å². The first kappa shape index (κ1) is 35.5. The number of amides is 2. The smallest absolute Gasteiger partial charge is 0.357 e. The summed E-state index contributed by atoms with van der Waals surface area (Å²) in [4.78, 5) is 42.8. The van der Waals surface area contributed by atoms with Gasteiger partial charge in [-0.25, -0.2) is 9.78 Å². The second kappa shape index (κ2) is 20.2. The summed E-state index contributed by atoms with van der Waals surface area (Å²) in [7, 11) is 0. The van der Waals surface area contributed by atoms with Gasteiger partial charge in [-0.15, -0.1) is 0 Å². The maximum absolute atomic E-state index is 13.2. The van der Waals surface area contributed by atoms with Crippen molar-refractivity contribution in [1.29, 1.82) is 0 Å². The first-order valence-corrected chi connectivity index (χ1v) is 16.8. The van der Waals surface area contributed by atoms with Crippen molar-refractivity contribution in [2.24, 2.45) is 0 Å². The van der Waals surface area contributed by atoms with Crippen LogP contribution in [0.15, 0.2) is 54.6 Å². The van der Waals surface area contributed by atoms with Gasteiger partial charge >= 0.3 is 5.97 Å². The molecular formula is C37H51N3O5. The third kappa shape index (κ3) is 12.9. The number of carbonyl (C=O) groups is 3. The van der Waals surface area contributed by atoms with E-state index >= 15 is 0 Å². The SMILES string of the molecule is CCCCCCCCCCCCCCCC(=O)Nc1ccc(NC(=O)C(Oc2cccc3ccc(C)nc23)C(=O)OCC)cc1. The normalized spacial score (nSPS) is 11.6.